The lowest BCUT2D eigenvalue weighted by molar-refractivity contribution is -0.137. The molecule has 7 rings (SSSR count). The molecule has 50 heavy (non-hydrogen) atoms. The Bertz CT molecular complexity index is 2360. The van der Waals surface area contributed by atoms with Gasteiger partial charge in [0.15, 0.2) is 21.2 Å². The molecule has 0 bridgehead atoms. The number of likely N-dealkylation sites (tertiary alicyclic amines) is 1. The molecular weight excluding hydrogens is 695 g/mol. The fraction of sp³-hybridized carbons (Fsp3) is 0.394. The third-order valence-electron chi connectivity index (χ3n) is 10.1. The normalized spacial score (nSPS) is 24.1. The van der Waals surface area contributed by atoms with Gasteiger partial charge in [0.2, 0.25) is 0 Å². The third kappa shape index (κ3) is 4.28. The number of fused-ring (bicyclic) bond motifs is 5. The number of ether oxygens (including phenoxy) is 3. The van der Waals surface area contributed by atoms with E-state index in [1.54, 1.807) is 37.4 Å². The number of hydrogen-bond acceptors (Lipinski definition) is 10. The van der Waals surface area contributed by atoms with Gasteiger partial charge in [-0.1, -0.05) is 12.1 Å². The van der Waals surface area contributed by atoms with E-state index in [1.807, 2.05) is 0 Å². The maximum Gasteiger partial charge on any atom is 0.347 e. The van der Waals surface area contributed by atoms with E-state index in [0.717, 1.165) is 9.47 Å². The summed E-state index contributed by atoms with van der Waals surface area (Å²) in [6, 6.07) is 6.75. The Morgan fingerprint density at radius 2 is 1.62 bits per heavy atom. The Hall–Kier alpha value is -5.02. The Labute approximate surface area is 293 Å². The molecule has 2 aromatic carbocycles. The van der Waals surface area contributed by atoms with Crippen LogP contribution in [0.25, 0.3) is 11.0 Å². The van der Waals surface area contributed by atoms with Crippen LogP contribution >= 0.6 is 23.2 Å². The lowest BCUT2D eigenvalue weighted by atomic mass is 9.64. The van der Waals surface area contributed by atoms with Crippen LogP contribution in [0, 0.1) is 0 Å². The number of halogens is 2. The second-order valence-corrected chi connectivity index (χ2v) is 13.7. The summed E-state index contributed by atoms with van der Waals surface area (Å²) in [6.07, 6.45) is 1.28. The summed E-state index contributed by atoms with van der Waals surface area (Å²) in [4.78, 5) is 70.0. The van der Waals surface area contributed by atoms with Crippen LogP contribution in [-0.2, 0) is 36.1 Å². The van der Waals surface area contributed by atoms with Crippen LogP contribution in [0.5, 0.6) is 23.0 Å². The summed E-state index contributed by atoms with van der Waals surface area (Å²) in [6.45, 7) is -0.298. The monoisotopic (exact) mass is 726 g/mol. The van der Waals surface area contributed by atoms with Gasteiger partial charge in [-0.2, -0.15) is 0 Å². The van der Waals surface area contributed by atoms with Crippen LogP contribution in [0.1, 0.15) is 29.6 Å². The highest BCUT2D eigenvalue weighted by Crippen LogP contribution is 2.65. The highest BCUT2D eigenvalue weighted by atomic mass is 35.5. The first-order valence-electron chi connectivity index (χ1n) is 15.5. The number of aryl methyl sites for hydroxylation is 2. The van der Waals surface area contributed by atoms with Gasteiger partial charge in [0, 0.05) is 57.1 Å². The first-order chi connectivity index (χ1) is 23.7. The zero-order valence-electron chi connectivity index (χ0n) is 27.6. The number of rotatable bonds is 7. The number of amides is 2. The second kappa shape index (κ2) is 11.5. The van der Waals surface area contributed by atoms with E-state index in [0.29, 0.717) is 28.1 Å². The lowest BCUT2D eigenvalue weighted by Gasteiger charge is -2.49. The number of aromatic hydroxyl groups is 1. The Morgan fingerprint density at radius 1 is 0.940 bits per heavy atom. The Kier molecular flexibility index (Phi) is 7.71. The third-order valence-corrected chi connectivity index (χ3v) is 11.5. The molecule has 1 N–H and O–H groups in total. The van der Waals surface area contributed by atoms with Gasteiger partial charge in [0.1, 0.15) is 17.2 Å². The fourth-order valence-corrected chi connectivity index (χ4v) is 8.64. The number of alkyl halides is 2. The molecule has 2 fully saturated rings. The highest BCUT2D eigenvalue weighted by molar-refractivity contribution is 6.53. The summed E-state index contributed by atoms with van der Waals surface area (Å²) in [7, 11) is 7.19. The number of carbonyl (C=O) groups is 2. The molecule has 17 heteroatoms. The number of hydrogen-bond donors (Lipinski definition) is 1. The van der Waals surface area contributed by atoms with Crippen molar-refractivity contribution in [1.82, 2.24) is 28.4 Å². The number of allylic oxidation sites excluding steroid dienone is 2. The summed E-state index contributed by atoms with van der Waals surface area (Å²) in [5.74, 6) is -2.05. The number of methoxy groups -OCH3 is 3. The molecule has 0 spiro atoms. The number of benzene rings is 2. The topological polar surface area (TPSA) is 169 Å². The molecule has 4 heterocycles. The number of phenolic OH excluding ortho intramolecular Hbond substituents is 1. The molecule has 262 valence electrons. The van der Waals surface area contributed by atoms with Crippen LogP contribution in [-0.4, -0.2) is 83.4 Å². The van der Waals surface area contributed by atoms with Crippen molar-refractivity contribution in [3.8, 4) is 23.0 Å². The SMILES string of the molecule is COc1cc2nc(CCn3c(=O)n4n(c3=O)C3CC5(Cl)C(=O)N(C)C(=O)C5(Cl)C(c5c(O)cccc5OC)C3=CC4)c(=O)n(C)c2cc1OC. The van der Waals surface area contributed by atoms with Crippen molar-refractivity contribution >= 4 is 46.0 Å². The molecule has 4 aromatic rings. The van der Waals surface area contributed by atoms with Crippen molar-refractivity contribution in [3.05, 3.63) is 84.6 Å². The van der Waals surface area contributed by atoms with Gasteiger partial charge in [-0.15, -0.1) is 23.2 Å². The van der Waals surface area contributed by atoms with E-state index in [-0.39, 0.29) is 48.7 Å². The molecule has 1 saturated heterocycles. The second-order valence-electron chi connectivity index (χ2n) is 12.4. The maximum absolute atomic E-state index is 14.2. The quantitative estimate of drug-likeness (QED) is 0.168. The molecule has 4 atom stereocenters. The van der Waals surface area contributed by atoms with Crippen molar-refractivity contribution in [2.75, 3.05) is 28.4 Å². The zero-order valence-corrected chi connectivity index (χ0v) is 29.1. The van der Waals surface area contributed by atoms with Gasteiger partial charge in [-0.05, 0) is 17.7 Å². The summed E-state index contributed by atoms with van der Waals surface area (Å²) in [5, 5.41) is 11.1. The molecule has 0 radical (unpaired) electrons. The smallest absolute Gasteiger partial charge is 0.347 e. The minimum absolute atomic E-state index is 0.0687. The first kappa shape index (κ1) is 33.5. The average Bonchev–Trinajstić information content (AvgIpc) is 3.42. The van der Waals surface area contributed by atoms with Crippen LogP contribution in [0.4, 0.5) is 0 Å². The lowest BCUT2D eigenvalue weighted by Crippen LogP contribution is -2.59. The van der Waals surface area contributed by atoms with Crippen LogP contribution in [0.2, 0.25) is 0 Å². The van der Waals surface area contributed by atoms with E-state index < -0.39 is 50.5 Å². The molecule has 15 nitrogen and oxygen atoms in total. The molecular formula is C33H32Cl2N6O9. The average molecular weight is 728 g/mol. The van der Waals surface area contributed by atoms with Crippen molar-refractivity contribution in [3.63, 3.8) is 0 Å². The number of imide groups is 1. The fourth-order valence-electron chi connectivity index (χ4n) is 7.65. The predicted octanol–water partition coefficient (Wildman–Crippen LogP) is 1.65. The molecule has 4 unspecified atom stereocenters. The predicted molar refractivity (Wildman–Crippen MR) is 181 cm³/mol. The number of phenols is 1. The maximum atomic E-state index is 14.2. The Morgan fingerprint density at radius 3 is 2.30 bits per heavy atom. The van der Waals surface area contributed by atoms with Crippen molar-refractivity contribution in [1.29, 1.82) is 0 Å². The summed E-state index contributed by atoms with van der Waals surface area (Å²) >= 11 is 14.4. The van der Waals surface area contributed by atoms with E-state index >= 15 is 0 Å². The molecule has 2 aliphatic heterocycles. The van der Waals surface area contributed by atoms with Crippen molar-refractivity contribution in [2.24, 2.45) is 7.05 Å². The molecule has 1 aliphatic carbocycles. The van der Waals surface area contributed by atoms with Crippen LogP contribution in [0.15, 0.2) is 56.4 Å². The highest BCUT2D eigenvalue weighted by Gasteiger charge is 2.75. The molecule has 2 aromatic heterocycles. The number of nitrogens with zero attached hydrogens (tertiary/aromatic N) is 6. The van der Waals surface area contributed by atoms with Gasteiger partial charge in [0.25, 0.3) is 17.4 Å². The largest absolute Gasteiger partial charge is 0.508 e. The van der Waals surface area contributed by atoms with Gasteiger partial charge in [0.05, 0.1) is 44.9 Å². The van der Waals surface area contributed by atoms with Gasteiger partial charge >= 0.3 is 11.4 Å². The summed E-state index contributed by atoms with van der Waals surface area (Å²) in [5.41, 5.74) is -0.253. The van der Waals surface area contributed by atoms with E-state index in [4.69, 9.17) is 37.4 Å². The van der Waals surface area contributed by atoms with E-state index in [9.17, 15) is 29.1 Å². The van der Waals surface area contributed by atoms with Crippen molar-refractivity contribution < 1.29 is 28.9 Å². The van der Waals surface area contributed by atoms with Gasteiger partial charge in [-0.25, -0.2) is 28.5 Å². The van der Waals surface area contributed by atoms with Crippen molar-refractivity contribution in [2.45, 2.75) is 47.6 Å². The van der Waals surface area contributed by atoms with Crippen LogP contribution < -0.4 is 31.1 Å². The van der Waals surface area contributed by atoms with Crippen LogP contribution in [0.3, 0.4) is 0 Å². The molecule has 3 aliphatic rings. The molecule has 2 amide bonds. The summed E-state index contributed by atoms with van der Waals surface area (Å²) < 4.78 is 21.1. The minimum atomic E-state index is -2.11. The molecule has 1 saturated carbocycles. The minimum Gasteiger partial charge on any atom is -0.508 e. The number of carbonyl (C=O) groups excluding carboxylic acids is 2. The standard InChI is InChI=1S/C33H32Cl2N6O9/c1-37-19-14-24(50-5)23(49-4)13-18(19)36-17(27(37)43)10-11-39-30(46)40-12-9-16-20(41(40)31(39)47)15-32(34)28(44)38(2)29(45)33(32,35)26(16)25-21(42)7-6-8-22(25)48-3/h6-9,13-14,20,26,42H,10-12,15H2,1-5H3. The Balaban J connectivity index is 1.33. The van der Waals surface area contributed by atoms with E-state index in [1.165, 1.54) is 48.4 Å². The van der Waals surface area contributed by atoms with E-state index in [2.05, 4.69) is 4.98 Å². The van der Waals surface area contributed by atoms with Gasteiger partial charge in [-0.3, -0.25) is 19.3 Å². The number of aromatic nitrogens is 5. The zero-order chi connectivity index (χ0) is 36.0. The van der Waals surface area contributed by atoms with Gasteiger partial charge < -0.3 is 23.9 Å². The first-order valence-corrected chi connectivity index (χ1v) is 16.3.